The number of rotatable bonds is 7. The van der Waals surface area contributed by atoms with E-state index in [2.05, 4.69) is 243 Å². The highest BCUT2D eigenvalue weighted by molar-refractivity contribution is 5.73. The van der Waals surface area contributed by atoms with Crippen molar-refractivity contribution in [2.45, 2.75) is 130 Å². The average Bonchev–Trinajstić information content (AvgIpc) is 0.799. The quantitative estimate of drug-likeness (QED) is 0.145. The first-order valence-corrected chi connectivity index (χ1v) is 31.0. The van der Waals surface area contributed by atoms with E-state index < -0.39 is 34.6 Å². The first-order valence-electron chi connectivity index (χ1n) is 31.0. The Balaban J connectivity index is 0.000000178. The molecular formula is C85H88F6O. The summed E-state index contributed by atoms with van der Waals surface area (Å²) in [7, 11) is 0. The highest BCUT2D eigenvalue weighted by atomic mass is 19.4. The lowest BCUT2D eigenvalue weighted by atomic mass is 9.92. The van der Waals surface area contributed by atoms with Crippen LogP contribution in [0.4, 0.5) is 26.3 Å². The molecule has 0 atom stereocenters. The Labute approximate surface area is 544 Å². The van der Waals surface area contributed by atoms with E-state index in [1.807, 2.05) is 48.5 Å². The van der Waals surface area contributed by atoms with Gasteiger partial charge in [-0.15, -0.1) is 0 Å². The van der Waals surface area contributed by atoms with Gasteiger partial charge in [-0.25, -0.2) is 0 Å². The summed E-state index contributed by atoms with van der Waals surface area (Å²) in [6, 6.07) is 75.3. The van der Waals surface area contributed by atoms with Gasteiger partial charge in [0.1, 0.15) is 11.5 Å². The molecule has 0 saturated carbocycles. The van der Waals surface area contributed by atoms with Crippen molar-refractivity contribution < 1.29 is 31.1 Å². The monoisotopic (exact) mass is 1240 g/mol. The zero-order valence-electron chi connectivity index (χ0n) is 56.3. The lowest BCUT2D eigenvalue weighted by molar-refractivity contribution is -0.139. The van der Waals surface area contributed by atoms with Gasteiger partial charge in [-0.2, -0.15) is 26.3 Å². The summed E-state index contributed by atoms with van der Waals surface area (Å²) in [5.74, 6) is 1.76. The summed E-state index contributed by atoms with van der Waals surface area (Å²) in [6.07, 6.45) is -8.43. The Hall–Kier alpha value is -9.20. The molecule has 476 valence electrons. The van der Waals surface area contributed by atoms with Gasteiger partial charge in [-0.3, -0.25) is 0 Å². The molecule has 0 saturated heterocycles. The van der Waals surface area contributed by atoms with Crippen LogP contribution in [0.5, 0.6) is 11.5 Å². The van der Waals surface area contributed by atoms with Crippen molar-refractivity contribution in [2.75, 3.05) is 0 Å². The minimum atomic E-state index is -4.73. The van der Waals surface area contributed by atoms with Crippen molar-refractivity contribution in [3.63, 3.8) is 0 Å². The highest BCUT2D eigenvalue weighted by Gasteiger charge is 2.38. The largest absolute Gasteiger partial charge is 0.457 e. The predicted molar refractivity (Wildman–Crippen MR) is 377 cm³/mol. The van der Waals surface area contributed by atoms with Crippen LogP contribution in [0, 0.1) is 111 Å². The van der Waals surface area contributed by atoms with Crippen molar-refractivity contribution in [2.24, 2.45) is 0 Å². The van der Waals surface area contributed by atoms with Gasteiger partial charge >= 0.3 is 12.4 Å². The van der Waals surface area contributed by atoms with Crippen LogP contribution in [0.3, 0.4) is 0 Å². The van der Waals surface area contributed by atoms with Gasteiger partial charge in [-0.05, 0) is 231 Å². The van der Waals surface area contributed by atoms with E-state index in [9.17, 15) is 26.3 Å². The number of ether oxygens (including phenoxy) is 1. The number of alkyl halides is 6. The molecule has 0 fully saturated rings. The second-order valence-corrected chi connectivity index (χ2v) is 24.4. The molecule has 11 rings (SSSR count). The molecular weight excluding hydrogens is 1150 g/mol. The van der Waals surface area contributed by atoms with Gasteiger partial charge in [0, 0.05) is 0 Å². The first-order chi connectivity index (χ1) is 43.4. The topological polar surface area (TPSA) is 9.23 Å². The third kappa shape index (κ3) is 22.6. The molecule has 0 aliphatic heterocycles. The Kier molecular flexibility index (Phi) is 25.9. The molecule has 1 nitrogen and oxygen atoms in total. The van der Waals surface area contributed by atoms with Crippen LogP contribution in [0.1, 0.15) is 111 Å². The number of aryl methyl sites for hydroxylation is 16. The Morgan fingerprint density at radius 2 is 0.478 bits per heavy atom. The van der Waals surface area contributed by atoms with E-state index in [4.69, 9.17) is 4.74 Å². The number of benzene rings is 11. The van der Waals surface area contributed by atoms with Gasteiger partial charge in [-0.1, -0.05) is 250 Å². The zero-order valence-corrected chi connectivity index (χ0v) is 56.3. The fourth-order valence-corrected chi connectivity index (χ4v) is 9.96. The smallest absolute Gasteiger partial charge is 0.417 e. The van der Waals surface area contributed by atoms with Crippen LogP contribution in [0.15, 0.2) is 231 Å². The van der Waals surface area contributed by atoms with Gasteiger partial charge in [0.25, 0.3) is 0 Å². The van der Waals surface area contributed by atoms with E-state index in [1.54, 1.807) is 0 Å². The molecule has 11 aromatic carbocycles. The van der Waals surface area contributed by atoms with Crippen molar-refractivity contribution in [1.82, 2.24) is 0 Å². The van der Waals surface area contributed by atoms with Crippen LogP contribution in [-0.2, 0) is 18.8 Å². The van der Waals surface area contributed by atoms with E-state index in [0.717, 1.165) is 42.2 Å². The summed E-state index contributed by atoms with van der Waals surface area (Å²) in [5, 5.41) is 0. The summed E-state index contributed by atoms with van der Waals surface area (Å²) in [5.41, 5.74) is 24.2. The average molecular weight is 1240 g/mol. The fraction of sp³-hybridized carbons (Fsp3) is 0.224. The fourth-order valence-electron chi connectivity index (χ4n) is 9.96. The van der Waals surface area contributed by atoms with Crippen LogP contribution in [-0.4, -0.2) is 0 Å². The van der Waals surface area contributed by atoms with Crippen molar-refractivity contribution >= 4 is 0 Å². The van der Waals surface area contributed by atoms with E-state index in [-0.39, 0.29) is 0 Å². The normalized spacial score (nSPS) is 10.8. The third-order valence-electron chi connectivity index (χ3n) is 15.8. The van der Waals surface area contributed by atoms with Crippen LogP contribution >= 0.6 is 0 Å². The maximum atomic E-state index is 13.1. The molecule has 0 bridgehead atoms. The molecule has 0 amide bonds. The maximum Gasteiger partial charge on any atom is 0.417 e. The molecule has 0 spiro atoms. The number of hydrogen-bond donors (Lipinski definition) is 0. The molecule has 11 aromatic rings. The molecule has 0 aromatic heterocycles. The number of halogens is 6. The molecule has 0 aliphatic rings. The summed E-state index contributed by atoms with van der Waals surface area (Å²) in [4.78, 5) is 0. The first kappa shape index (κ1) is 71.9. The molecule has 0 radical (unpaired) electrons. The Morgan fingerprint density at radius 3 is 0.750 bits per heavy atom. The van der Waals surface area contributed by atoms with E-state index in [0.29, 0.717) is 11.1 Å². The Morgan fingerprint density at radius 1 is 0.228 bits per heavy atom. The predicted octanol–water partition coefficient (Wildman–Crippen LogP) is 25.5. The lowest BCUT2D eigenvalue weighted by Crippen LogP contribution is -2.11. The molecule has 92 heavy (non-hydrogen) atoms. The summed E-state index contributed by atoms with van der Waals surface area (Å²) < 4.78 is 84.5. The number of hydrogen-bond acceptors (Lipinski definition) is 1. The molecule has 7 heteroatoms. The minimum Gasteiger partial charge on any atom is -0.457 e. The molecule has 0 aliphatic carbocycles. The van der Waals surface area contributed by atoms with Crippen LogP contribution in [0.2, 0.25) is 0 Å². The van der Waals surface area contributed by atoms with Crippen molar-refractivity contribution in [3.8, 4) is 44.9 Å². The van der Waals surface area contributed by atoms with Crippen molar-refractivity contribution in [3.05, 3.63) is 342 Å². The van der Waals surface area contributed by atoms with Gasteiger partial charge in [0.05, 0.1) is 11.1 Å². The highest BCUT2D eigenvalue weighted by Crippen LogP contribution is 2.43. The summed E-state index contributed by atoms with van der Waals surface area (Å²) in [6.45, 7) is 32.8. The zero-order chi connectivity index (χ0) is 67.5. The standard InChI is InChI=1S/C16H12F6.2C16H18.C15H16.C14H14O.C8H10/c1-9-3-5-11(13(7-9)15(17,18)19)12-6-4-10(2)8-14(12)16(20,21)22;1-11-5-7-15(9-13(11)3)16-8-6-12(2)14(4)10-16;1-11-5-7-15(13(3)9-11)16-8-6-12(2)10-14(16)4;1-12-3-7-14(8-4-12)11-15-9-5-13(2)6-10-15;1-11-3-7-13(8-4-11)15-14-9-5-12(2)6-10-14;1-7-3-5-8(2)6-4-7/h3-8H,1-2H3;2*5-10H,1-4H3;3-10H,11H2,1-2H3;3-10H,1-2H3;3-6H,1-2H3. The summed E-state index contributed by atoms with van der Waals surface area (Å²) >= 11 is 0. The van der Waals surface area contributed by atoms with Gasteiger partial charge in [0.15, 0.2) is 0 Å². The molecule has 0 heterocycles. The van der Waals surface area contributed by atoms with Crippen LogP contribution in [0.25, 0.3) is 33.4 Å². The van der Waals surface area contributed by atoms with Crippen LogP contribution < -0.4 is 4.74 Å². The van der Waals surface area contributed by atoms with Gasteiger partial charge < -0.3 is 4.74 Å². The van der Waals surface area contributed by atoms with Gasteiger partial charge in [0.2, 0.25) is 0 Å². The SMILES string of the molecule is Cc1ccc(-c2ccc(C)c(C)c2)cc1C.Cc1ccc(-c2ccc(C)cc2C(F)(F)F)c(C(F)(F)F)c1.Cc1ccc(-c2ccc(C)cc2C)c(C)c1.Cc1ccc(C)cc1.Cc1ccc(Cc2ccc(C)cc2)cc1.Cc1ccc(Oc2ccc(C)cc2)cc1. The van der Waals surface area contributed by atoms with E-state index >= 15 is 0 Å². The second-order valence-electron chi connectivity index (χ2n) is 24.4. The molecule has 0 unspecified atom stereocenters. The molecule has 0 N–H and O–H groups in total. The minimum absolute atomic E-state index is 0.330. The Bertz CT molecular complexity index is 3770. The van der Waals surface area contributed by atoms with E-state index in [1.165, 1.54) is 137 Å². The lowest BCUT2D eigenvalue weighted by Gasteiger charge is -2.18. The maximum absolute atomic E-state index is 13.1. The third-order valence-corrected chi connectivity index (χ3v) is 15.8. The van der Waals surface area contributed by atoms with Crippen molar-refractivity contribution in [1.29, 1.82) is 0 Å². The second kappa shape index (κ2) is 33.2.